The Hall–Kier alpha value is -2.24. The number of nitrogens with one attached hydrogen (secondary N) is 2. The first kappa shape index (κ1) is 12.2. The van der Waals surface area contributed by atoms with Crippen molar-refractivity contribution in [2.24, 2.45) is 0 Å². The highest BCUT2D eigenvalue weighted by Gasteiger charge is 2.03. The number of amides is 1. The number of fused-ring (bicyclic) bond motifs is 1. The minimum atomic E-state index is -0.466. The van der Waals surface area contributed by atoms with E-state index in [0.29, 0.717) is 30.7 Å². The van der Waals surface area contributed by atoms with Crippen LogP contribution in [0.15, 0.2) is 27.4 Å². The van der Waals surface area contributed by atoms with Crippen molar-refractivity contribution in [3.8, 4) is 0 Å². The number of hydrogen-bond donors (Lipinski definition) is 2. The fraction of sp³-hybridized carbons (Fsp3) is 0.333. The molecule has 0 unspecified atom stereocenters. The van der Waals surface area contributed by atoms with Crippen LogP contribution in [0.2, 0.25) is 0 Å². The van der Waals surface area contributed by atoms with Gasteiger partial charge in [0, 0.05) is 6.54 Å². The van der Waals surface area contributed by atoms with Gasteiger partial charge in [-0.05, 0) is 31.0 Å². The van der Waals surface area contributed by atoms with E-state index in [0.717, 1.165) is 5.56 Å². The van der Waals surface area contributed by atoms with E-state index < -0.39 is 11.8 Å². The molecule has 18 heavy (non-hydrogen) atoms. The summed E-state index contributed by atoms with van der Waals surface area (Å²) in [4.78, 5) is 24.6. The zero-order valence-electron chi connectivity index (χ0n) is 9.99. The number of aromatic amines is 1. The summed E-state index contributed by atoms with van der Waals surface area (Å²) in [6.45, 7) is 2.58. The van der Waals surface area contributed by atoms with Crippen molar-refractivity contribution in [2.45, 2.75) is 13.3 Å². The smallest absolute Gasteiger partial charge is 0.417 e. The maximum absolute atomic E-state index is 11.1. The van der Waals surface area contributed by atoms with Crippen LogP contribution in [-0.4, -0.2) is 24.2 Å². The highest BCUT2D eigenvalue weighted by atomic mass is 16.5. The number of carbonyl (C=O) groups excluding carboxylic acids is 1. The second kappa shape index (κ2) is 5.39. The monoisotopic (exact) mass is 250 g/mol. The van der Waals surface area contributed by atoms with E-state index in [4.69, 9.17) is 9.15 Å². The van der Waals surface area contributed by atoms with Crippen molar-refractivity contribution in [1.29, 1.82) is 0 Å². The summed E-state index contributed by atoms with van der Waals surface area (Å²) in [5.74, 6) is -0.466. The Labute approximate surface area is 103 Å². The van der Waals surface area contributed by atoms with Gasteiger partial charge in [0.2, 0.25) is 0 Å². The summed E-state index contributed by atoms with van der Waals surface area (Å²) in [7, 11) is 0. The molecule has 2 aromatic rings. The van der Waals surface area contributed by atoms with Crippen LogP contribution in [0.1, 0.15) is 12.5 Å². The Morgan fingerprint density at radius 2 is 2.33 bits per heavy atom. The Kier molecular flexibility index (Phi) is 3.66. The van der Waals surface area contributed by atoms with Gasteiger partial charge in [-0.25, -0.2) is 9.59 Å². The quantitative estimate of drug-likeness (QED) is 0.859. The summed E-state index contributed by atoms with van der Waals surface area (Å²) in [5.41, 5.74) is 2.16. The largest absolute Gasteiger partial charge is 0.450 e. The molecule has 0 atom stereocenters. The molecular weight excluding hydrogens is 236 g/mol. The lowest BCUT2D eigenvalue weighted by atomic mass is 10.1. The number of carbonyl (C=O) groups is 1. The van der Waals surface area contributed by atoms with E-state index in [-0.39, 0.29) is 0 Å². The SMILES string of the molecule is CCOC(=O)NCCc1ccc2[nH]c(=O)oc2c1. The van der Waals surface area contributed by atoms with Gasteiger partial charge in [-0.2, -0.15) is 0 Å². The summed E-state index contributed by atoms with van der Waals surface area (Å²) < 4.78 is 9.69. The van der Waals surface area contributed by atoms with Crippen LogP contribution in [0.3, 0.4) is 0 Å². The van der Waals surface area contributed by atoms with Gasteiger partial charge >= 0.3 is 11.8 Å². The zero-order valence-corrected chi connectivity index (χ0v) is 9.99. The number of hydrogen-bond acceptors (Lipinski definition) is 4. The fourth-order valence-corrected chi connectivity index (χ4v) is 1.64. The molecule has 0 radical (unpaired) electrons. The van der Waals surface area contributed by atoms with Crippen molar-refractivity contribution in [3.63, 3.8) is 0 Å². The zero-order chi connectivity index (χ0) is 13.0. The molecule has 0 spiro atoms. The number of H-pyrrole nitrogens is 1. The van der Waals surface area contributed by atoms with Crippen LogP contribution in [0.25, 0.3) is 11.1 Å². The summed E-state index contributed by atoms with van der Waals surface area (Å²) in [6.07, 6.45) is 0.218. The second-order valence-corrected chi connectivity index (χ2v) is 3.74. The van der Waals surface area contributed by atoms with Gasteiger partial charge in [-0.3, -0.25) is 4.98 Å². The van der Waals surface area contributed by atoms with Gasteiger partial charge in [0.1, 0.15) is 0 Å². The van der Waals surface area contributed by atoms with Crippen LogP contribution >= 0.6 is 0 Å². The average Bonchev–Trinajstić information content (AvgIpc) is 2.69. The Morgan fingerprint density at radius 1 is 1.50 bits per heavy atom. The van der Waals surface area contributed by atoms with E-state index in [1.165, 1.54) is 0 Å². The fourth-order valence-electron chi connectivity index (χ4n) is 1.64. The number of alkyl carbamates (subject to hydrolysis) is 1. The Bertz CT molecular complexity index is 599. The van der Waals surface area contributed by atoms with Crippen molar-refractivity contribution in [3.05, 3.63) is 34.3 Å². The molecule has 0 saturated heterocycles. The molecule has 0 aliphatic carbocycles. The van der Waals surface area contributed by atoms with Crippen molar-refractivity contribution in [2.75, 3.05) is 13.2 Å². The standard InChI is InChI=1S/C12H14N2O4/c1-2-17-11(15)13-6-5-8-3-4-9-10(7-8)18-12(16)14-9/h3-4,7H,2,5-6H2,1H3,(H,13,15)(H,14,16). The van der Waals surface area contributed by atoms with Crippen LogP contribution in [0, 0.1) is 0 Å². The van der Waals surface area contributed by atoms with E-state index in [9.17, 15) is 9.59 Å². The van der Waals surface area contributed by atoms with E-state index in [1.807, 2.05) is 6.07 Å². The molecule has 96 valence electrons. The van der Waals surface area contributed by atoms with Gasteiger partial charge in [-0.1, -0.05) is 6.07 Å². The molecule has 6 heteroatoms. The third-order valence-electron chi connectivity index (χ3n) is 2.44. The topological polar surface area (TPSA) is 84.3 Å². The average molecular weight is 250 g/mol. The molecule has 2 N–H and O–H groups in total. The second-order valence-electron chi connectivity index (χ2n) is 3.74. The molecule has 1 heterocycles. The van der Waals surface area contributed by atoms with Gasteiger partial charge in [0.25, 0.3) is 0 Å². The first-order valence-electron chi connectivity index (χ1n) is 5.71. The minimum Gasteiger partial charge on any atom is -0.450 e. The normalized spacial score (nSPS) is 10.5. The van der Waals surface area contributed by atoms with Gasteiger partial charge in [-0.15, -0.1) is 0 Å². The van der Waals surface area contributed by atoms with Gasteiger partial charge < -0.3 is 14.5 Å². The van der Waals surface area contributed by atoms with Crippen molar-refractivity contribution >= 4 is 17.2 Å². The van der Waals surface area contributed by atoms with E-state index >= 15 is 0 Å². The number of ether oxygens (including phenoxy) is 1. The summed E-state index contributed by atoms with van der Waals surface area (Å²) in [5, 5.41) is 2.62. The molecule has 0 aliphatic rings. The highest BCUT2D eigenvalue weighted by molar-refractivity contribution is 5.72. The first-order chi connectivity index (χ1) is 8.69. The summed E-state index contributed by atoms with van der Waals surface area (Å²) >= 11 is 0. The molecule has 1 amide bonds. The van der Waals surface area contributed by atoms with Crippen LogP contribution in [0.5, 0.6) is 0 Å². The molecule has 0 bridgehead atoms. The maximum atomic E-state index is 11.1. The number of aromatic nitrogens is 1. The predicted molar refractivity (Wildman–Crippen MR) is 65.6 cm³/mol. The molecule has 6 nitrogen and oxygen atoms in total. The maximum Gasteiger partial charge on any atom is 0.417 e. The van der Waals surface area contributed by atoms with Crippen molar-refractivity contribution in [1.82, 2.24) is 10.3 Å². The lowest BCUT2D eigenvalue weighted by Gasteiger charge is -2.04. The first-order valence-corrected chi connectivity index (χ1v) is 5.71. The molecule has 0 saturated carbocycles. The third-order valence-corrected chi connectivity index (χ3v) is 2.44. The van der Waals surface area contributed by atoms with Crippen molar-refractivity contribution < 1.29 is 13.9 Å². The Morgan fingerprint density at radius 3 is 3.11 bits per heavy atom. The van der Waals surface area contributed by atoms with E-state index in [1.54, 1.807) is 19.1 Å². The molecule has 2 rings (SSSR count). The number of rotatable bonds is 4. The van der Waals surface area contributed by atoms with E-state index in [2.05, 4.69) is 10.3 Å². The molecule has 1 aromatic heterocycles. The number of oxazole rings is 1. The predicted octanol–water partition coefficient (Wildman–Crippen LogP) is 1.41. The molecule has 0 fully saturated rings. The van der Waals surface area contributed by atoms with Crippen LogP contribution in [0.4, 0.5) is 4.79 Å². The Balaban J connectivity index is 1.95. The minimum absolute atomic E-state index is 0.353. The van der Waals surface area contributed by atoms with Gasteiger partial charge in [0.15, 0.2) is 5.58 Å². The third kappa shape index (κ3) is 2.91. The lowest BCUT2D eigenvalue weighted by Crippen LogP contribution is -2.26. The lowest BCUT2D eigenvalue weighted by molar-refractivity contribution is 0.152. The number of benzene rings is 1. The highest BCUT2D eigenvalue weighted by Crippen LogP contribution is 2.12. The van der Waals surface area contributed by atoms with Crippen LogP contribution < -0.4 is 11.1 Å². The molecular formula is C12H14N2O4. The summed E-state index contributed by atoms with van der Waals surface area (Å²) in [6, 6.07) is 5.43. The molecule has 1 aromatic carbocycles. The van der Waals surface area contributed by atoms with Crippen LogP contribution in [-0.2, 0) is 11.2 Å². The molecule has 0 aliphatic heterocycles. The van der Waals surface area contributed by atoms with Gasteiger partial charge in [0.05, 0.1) is 12.1 Å².